The highest BCUT2D eigenvalue weighted by Gasteiger charge is 2.24. The summed E-state index contributed by atoms with van der Waals surface area (Å²) in [6.07, 6.45) is 4.35. The van der Waals surface area contributed by atoms with E-state index >= 15 is 0 Å². The van der Waals surface area contributed by atoms with Crippen LogP contribution in [0.25, 0.3) is 0 Å². The minimum Gasteiger partial charge on any atom is -0.383 e. The Morgan fingerprint density at radius 3 is 2.40 bits per heavy atom. The van der Waals surface area contributed by atoms with Crippen molar-refractivity contribution in [2.75, 3.05) is 71.0 Å². The molecule has 0 unspecified atom stereocenters. The Hall–Kier alpha value is -1.24. The molecule has 0 radical (unpaired) electrons. The summed E-state index contributed by atoms with van der Waals surface area (Å²) in [7, 11) is 1.79. The highest BCUT2D eigenvalue weighted by Crippen LogP contribution is 2.22. The molecule has 2 saturated heterocycles. The van der Waals surface area contributed by atoms with Gasteiger partial charge in [-0.1, -0.05) is 0 Å². The minimum absolute atomic E-state index is 0.855. The van der Waals surface area contributed by atoms with Gasteiger partial charge in [-0.2, -0.15) is 0 Å². The van der Waals surface area contributed by atoms with Crippen LogP contribution in [0.3, 0.4) is 0 Å². The van der Waals surface area contributed by atoms with Crippen molar-refractivity contribution in [3.63, 3.8) is 0 Å². The number of aryl methyl sites for hydroxylation is 1. The molecule has 0 saturated carbocycles. The van der Waals surface area contributed by atoms with Crippen LogP contribution in [-0.4, -0.2) is 85.8 Å². The first-order valence-corrected chi connectivity index (χ1v) is 9.64. The van der Waals surface area contributed by atoms with Crippen LogP contribution in [0.5, 0.6) is 0 Å². The average molecular weight is 348 g/mol. The maximum Gasteiger partial charge on any atom is 0.135 e. The van der Waals surface area contributed by atoms with Crippen LogP contribution in [-0.2, 0) is 4.74 Å². The molecule has 0 atom stereocenters. The molecule has 0 aliphatic carbocycles. The van der Waals surface area contributed by atoms with Crippen molar-refractivity contribution in [2.45, 2.75) is 26.7 Å². The van der Waals surface area contributed by atoms with Crippen LogP contribution in [0.1, 0.15) is 24.1 Å². The second kappa shape index (κ2) is 8.92. The first-order valence-electron chi connectivity index (χ1n) is 9.64. The summed E-state index contributed by atoms with van der Waals surface area (Å²) in [5.41, 5.74) is 2.31. The van der Waals surface area contributed by atoms with Gasteiger partial charge < -0.3 is 14.5 Å². The number of rotatable bonds is 6. The molecule has 0 N–H and O–H groups in total. The quantitative estimate of drug-likeness (QED) is 0.778. The Balaban J connectivity index is 1.42. The van der Waals surface area contributed by atoms with E-state index in [0.29, 0.717) is 0 Å². The van der Waals surface area contributed by atoms with Gasteiger partial charge in [0.25, 0.3) is 0 Å². The molecule has 0 aromatic carbocycles. The Kier molecular flexibility index (Phi) is 6.62. The number of likely N-dealkylation sites (tertiary alicyclic amines) is 1. The zero-order valence-corrected chi connectivity index (χ0v) is 16.1. The predicted molar refractivity (Wildman–Crippen MR) is 101 cm³/mol. The fourth-order valence-corrected chi connectivity index (χ4v) is 3.96. The Labute approximate surface area is 152 Å². The van der Waals surface area contributed by atoms with Crippen LogP contribution in [0.4, 0.5) is 5.82 Å². The lowest BCUT2D eigenvalue weighted by molar-refractivity contribution is 0.105. The van der Waals surface area contributed by atoms with E-state index in [0.717, 1.165) is 56.8 Å². The van der Waals surface area contributed by atoms with Crippen molar-refractivity contribution in [1.29, 1.82) is 0 Å². The summed E-state index contributed by atoms with van der Waals surface area (Å²) in [6.45, 7) is 14.3. The Morgan fingerprint density at radius 2 is 1.72 bits per heavy atom. The summed E-state index contributed by atoms with van der Waals surface area (Å²) in [5, 5.41) is 0. The van der Waals surface area contributed by atoms with Crippen LogP contribution < -0.4 is 4.90 Å². The maximum atomic E-state index is 5.19. The lowest BCUT2D eigenvalue weighted by atomic mass is 9.96. The molecule has 25 heavy (non-hydrogen) atoms. The molecule has 0 spiro atoms. The third-order valence-corrected chi connectivity index (χ3v) is 5.82. The Bertz CT molecular complexity index is 537. The summed E-state index contributed by atoms with van der Waals surface area (Å²) < 4.78 is 5.19. The molecular formula is C19H33N5O. The Morgan fingerprint density at radius 1 is 1.00 bits per heavy atom. The first kappa shape index (κ1) is 18.5. The van der Waals surface area contributed by atoms with E-state index in [9.17, 15) is 0 Å². The lowest BCUT2D eigenvalue weighted by Crippen LogP contribution is -2.49. The molecule has 140 valence electrons. The zero-order valence-electron chi connectivity index (χ0n) is 16.1. The number of ether oxygens (including phenoxy) is 1. The number of nitrogens with zero attached hydrogens (tertiary/aromatic N) is 5. The molecule has 6 nitrogen and oxygen atoms in total. The molecule has 1 aromatic heterocycles. The molecule has 2 aliphatic heterocycles. The second-order valence-corrected chi connectivity index (χ2v) is 7.47. The van der Waals surface area contributed by atoms with Gasteiger partial charge in [0.15, 0.2) is 0 Å². The van der Waals surface area contributed by atoms with Gasteiger partial charge in [-0.15, -0.1) is 0 Å². The molecular weight excluding hydrogens is 314 g/mol. The van der Waals surface area contributed by atoms with E-state index in [4.69, 9.17) is 4.74 Å². The van der Waals surface area contributed by atoms with E-state index < -0.39 is 0 Å². The second-order valence-electron chi connectivity index (χ2n) is 7.47. The van der Waals surface area contributed by atoms with Gasteiger partial charge in [0.05, 0.1) is 6.61 Å². The first-order chi connectivity index (χ1) is 12.2. The number of piperazine rings is 1. The third kappa shape index (κ3) is 4.90. The SMILES string of the molecule is COCCN1CCC(CN2CCN(c3ncnc(C)c3C)CC2)CC1. The van der Waals surface area contributed by atoms with Crippen LogP contribution in [0.15, 0.2) is 6.33 Å². The fraction of sp³-hybridized carbons (Fsp3) is 0.789. The molecule has 2 fully saturated rings. The molecule has 2 aliphatic rings. The zero-order chi connectivity index (χ0) is 17.6. The highest BCUT2D eigenvalue weighted by molar-refractivity contribution is 5.47. The van der Waals surface area contributed by atoms with Crippen molar-refractivity contribution in [3.8, 4) is 0 Å². The monoisotopic (exact) mass is 347 g/mol. The van der Waals surface area contributed by atoms with E-state index in [2.05, 4.69) is 38.5 Å². The summed E-state index contributed by atoms with van der Waals surface area (Å²) in [5.74, 6) is 1.98. The van der Waals surface area contributed by atoms with E-state index in [1.165, 1.54) is 38.0 Å². The van der Waals surface area contributed by atoms with Crippen molar-refractivity contribution in [3.05, 3.63) is 17.6 Å². The number of hydrogen-bond donors (Lipinski definition) is 0. The van der Waals surface area contributed by atoms with Crippen molar-refractivity contribution < 1.29 is 4.74 Å². The smallest absolute Gasteiger partial charge is 0.135 e. The van der Waals surface area contributed by atoms with Gasteiger partial charge in [0, 0.05) is 57.6 Å². The third-order valence-electron chi connectivity index (χ3n) is 5.82. The molecule has 3 rings (SSSR count). The average Bonchev–Trinajstić information content (AvgIpc) is 2.64. The van der Waals surface area contributed by atoms with Crippen LogP contribution in [0, 0.1) is 19.8 Å². The van der Waals surface area contributed by atoms with Crippen LogP contribution in [0.2, 0.25) is 0 Å². The molecule has 6 heteroatoms. The van der Waals surface area contributed by atoms with Gasteiger partial charge in [0.1, 0.15) is 12.1 Å². The van der Waals surface area contributed by atoms with Gasteiger partial charge in [-0.05, 0) is 45.7 Å². The van der Waals surface area contributed by atoms with Gasteiger partial charge in [0.2, 0.25) is 0 Å². The lowest BCUT2D eigenvalue weighted by Gasteiger charge is -2.39. The van der Waals surface area contributed by atoms with Gasteiger partial charge >= 0.3 is 0 Å². The number of aromatic nitrogens is 2. The van der Waals surface area contributed by atoms with Crippen molar-refractivity contribution >= 4 is 5.82 Å². The van der Waals surface area contributed by atoms with E-state index in [1.807, 2.05) is 0 Å². The highest BCUT2D eigenvalue weighted by atomic mass is 16.5. The largest absolute Gasteiger partial charge is 0.383 e. The normalized spacial score (nSPS) is 21.0. The van der Waals surface area contributed by atoms with Crippen LogP contribution >= 0.6 is 0 Å². The van der Waals surface area contributed by atoms with E-state index in [1.54, 1.807) is 13.4 Å². The van der Waals surface area contributed by atoms with Crippen molar-refractivity contribution in [1.82, 2.24) is 19.8 Å². The van der Waals surface area contributed by atoms with Gasteiger partial charge in [-0.25, -0.2) is 9.97 Å². The molecule has 3 heterocycles. The fourth-order valence-electron chi connectivity index (χ4n) is 3.96. The number of methoxy groups -OCH3 is 1. The van der Waals surface area contributed by atoms with Crippen molar-refractivity contribution in [2.24, 2.45) is 5.92 Å². The topological polar surface area (TPSA) is 44.7 Å². The van der Waals surface area contributed by atoms with E-state index in [-0.39, 0.29) is 0 Å². The summed E-state index contributed by atoms with van der Waals surface area (Å²) >= 11 is 0. The summed E-state index contributed by atoms with van der Waals surface area (Å²) in [6, 6.07) is 0. The number of anilines is 1. The molecule has 0 bridgehead atoms. The standard InChI is InChI=1S/C19H33N5O/c1-16-17(2)20-15-21-19(16)24-10-8-23(9-11-24)14-18-4-6-22(7-5-18)12-13-25-3/h15,18H,4-14H2,1-3H3. The summed E-state index contributed by atoms with van der Waals surface area (Å²) in [4.78, 5) is 16.4. The van der Waals surface area contributed by atoms with Gasteiger partial charge in [-0.3, -0.25) is 4.90 Å². The minimum atomic E-state index is 0.855. The predicted octanol–water partition coefficient (Wildman–Crippen LogP) is 1.57. The maximum absolute atomic E-state index is 5.19. The molecule has 0 amide bonds. The number of hydrogen-bond acceptors (Lipinski definition) is 6. The molecule has 1 aromatic rings. The number of piperidine rings is 1.